The molecule has 1 aromatic carbocycles. The Hall–Kier alpha value is -1.71. The van der Waals surface area contributed by atoms with Crippen LogP contribution in [0.2, 0.25) is 0 Å². The number of guanidine groups is 1. The van der Waals surface area contributed by atoms with Gasteiger partial charge in [-0.25, -0.2) is 0 Å². The molecule has 7 nitrogen and oxygen atoms in total. The molecule has 0 heterocycles. The van der Waals surface area contributed by atoms with Gasteiger partial charge in [-0.3, -0.25) is 9.79 Å². The maximum atomic E-state index is 12.7. The van der Waals surface area contributed by atoms with Gasteiger partial charge in [0.05, 0.1) is 25.7 Å². The van der Waals surface area contributed by atoms with Crippen molar-refractivity contribution >= 4 is 35.8 Å². The second-order valence-electron chi connectivity index (χ2n) is 7.69. The third-order valence-electron chi connectivity index (χ3n) is 5.25. The molecule has 30 heavy (non-hydrogen) atoms. The van der Waals surface area contributed by atoms with Crippen molar-refractivity contribution in [1.29, 1.82) is 0 Å². The van der Waals surface area contributed by atoms with Crippen LogP contribution >= 0.6 is 24.0 Å². The molecule has 0 unspecified atom stereocenters. The summed E-state index contributed by atoms with van der Waals surface area (Å²) in [6.07, 6.45) is 4.88. The lowest BCUT2D eigenvalue weighted by molar-refractivity contribution is -0.138. The molecule has 2 N–H and O–H groups in total. The number of nitrogens with one attached hydrogen (secondary N) is 2. The Balaban J connectivity index is 0.00000450. The molecule has 2 rings (SSSR count). The number of carbonyl (C=O) groups is 1. The summed E-state index contributed by atoms with van der Waals surface area (Å²) >= 11 is 0. The zero-order valence-corrected chi connectivity index (χ0v) is 21.0. The molecule has 1 aliphatic carbocycles. The molecule has 8 heteroatoms. The molecule has 0 spiro atoms. The molecule has 0 radical (unpaired) electrons. The van der Waals surface area contributed by atoms with E-state index in [1.807, 2.05) is 45.3 Å². The highest BCUT2D eigenvalue weighted by atomic mass is 127. The molecule has 1 saturated carbocycles. The van der Waals surface area contributed by atoms with E-state index in [-0.39, 0.29) is 35.3 Å². The van der Waals surface area contributed by atoms with E-state index in [0.29, 0.717) is 13.2 Å². The highest BCUT2D eigenvalue weighted by Crippen LogP contribution is 2.39. The van der Waals surface area contributed by atoms with Crippen LogP contribution in [0.4, 0.5) is 0 Å². The molecular formula is C22H37IN4O3. The SMILES string of the molecule is CCNC(=NCC1(C(=O)N(C)C)CCCC1)NCCCOc1ccc(OC)cc1.I. The summed E-state index contributed by atoms with van der Waals surface area (Å²) in [5.74, 6) is 2.60. The van der Waals surface area contributed by atoms with Gasteiger partial charge in [-0.05, 0) is 50.5 Å². The number of ether oxygens (including phenoxy) is 2. The summed E-state index contributed by atoms with van der Waals surface area (Å²) in [4.78, 5) is 19.1. The number of aliphatic imine (C=N–C) groups is 1. The van der Waals surface area contributed by atoms with Crippen LogP contribution in [0.25, 0.3) is 0 Å². The summed E-state index contributed by atoms with van der Waals surface area (Å²) in [7, 11) is 5.31. The minimum Gasteiger partial charge on any atom is -0.497 e. The number of benzene rings is 1. The molecule has 0 aromatic heterocycles. The largest absolute Gasteiger partial charge is 0.497 e. The first-order valence-corrected chi connectivity index (χ1v) is 10.5. The van der Waals surface area contributed by atoms with Crippen LogP contribution in [0, 0.1) is 5.41 Å². The average Bonchev–Trinajstić information content (AvgIpc) is 3.21. The number of amides is 1. The predicted molar refractivity (Wildman–Crippen MR) is 132 cm³/mol. The highest BCUT2D eigenvalue weighted by Gasteiger charge is 2.42. The smallest absolute Gasteiger partial charge is 0.230 e. The van der Waals surface area contributed by atoms with Gasteiger partial charge in [0.15, 0.2) is 5.96 Å². The van der Waals surface area contributed by atoms with Crippen LogP contribution in [0.3, 0.4) is 0 Å². The minimum absolute atomic E-state index is 0. The van der Waals surface area contributed by atoms with Gasteiger partial charge >= 0.3 is 0 Å². The van der Waals surface area contributed by atoms with E-state index >= 15 is 0 Å². The predicted octanol–water partition coefficient (Wildman–Crippen LogP) is 3.29. The quantitative estimate of drug-likeness (QED) is 0.210. The molecular weight excluding hydrogens is 495 g/mol. The van der Waals surface area contributed by atoms with Gasteiger partial charge in [-0.2, -0.15) is 0 Å². The Morgan fingerprint density at radius 3 is 2.33 bits per heavy atom. The Morgan fingerprint density at radius 2 is 1.77 bits per heavy atom. The Bertz CT molecular complexity index is 659. The highest BCUT2D eigenvalue weighted by molar-refractivity contribution is 14.0. The maximum absolute atomic E-state index is 12.7. The molecule has 1 aliphatic rings. The van der Waals surface area contributed by atoms with Crippen LogP contribution in [0.15, 0.2) is 29.3 Å². The summed E-state index contributed by atoms with van der Waals surface area (Å²) in [5.41, 5.74) is -0.344. The van der Waals surface area contributed by atoms with Crippen LogP contribution < -0.4 is 20.1 Å². The van der Waals surface area contributed by atoms with E-state index in [1.165, 1.54) is 0 Å². The average molecular weight is 532 g/mol. The van der Waals surface area contributed by atoms with E-state index < -0.39 is 0 Å². The Kier molecular flexibility index (Phi) is 11.9. The second-order valence-corrected chi connectivity index (χ2v) is 7.69. The zero-order valence-electron chi connectivity index (χ0n) is 18.7. The Labute approximate surface area is 198 Å². The van der Waals surface area contributed by atoms with Gasteiger partial charge in [0, 0.05) is 27.2 Å². The van der Waals surface area contributed by atoms with Crippen molar-refractivity contribution in [2.45, 2.75) is 39.0 Å². The standard InChI is InChI=1S/C22H36N4O3.HI/c1-5-23-21(25-17-22(13-6-7-14-22)20(27)26(2)3)24-15-8-16-29-19-11-9-18(28-4)10-12-19;/h9-12H,5-8,13-17H2,1-4H3,(H2,23,24,25);1H. The number of hydrogen-bond acceptors (Lipinski definition) is 4. The number of rotatable bonds is 10. The topological polar surface area (TPSA) is 75.2 Å². The fourth-order valence-corrected chi connectivity index (χ4v) is 3.68. The second kappa shape index (κ2) is 13.6. The van der Waals surface area contributed by atoms with Gasteiger partial charge < -0.3 is 25.0 Å². The normalized spacial score (nSPS) is 15.1. The summed E-state index contributed by atoms with van der Waals surface area (Å²) in [5, 5.41) is 6.62. The third-order valence-corrected chi connectivity index (χ3v) is 5.25. The van der Waals surface area contributed by atoms with Crippen molar-refractivity contribution in [1.82, 2.24) is 15.5 Å². The molecule has 170 valence electrons. The number of nitrogens with zero attached hydrogens (tertiary/aromatic N) is 2. The maximum Gasteiger partial charge on any atom is 0.230 e. The lowest BCUT2D eigenvalue weighted by Gasteiger charge is -2.29. The van der Waals surface area contributed by atoms with Crippen molar-refractivity contribution in [3.05, 3.63) is 24.3 Å². The zero-order chi connectivity index (χ0) is 21.1. The van der Waals surface area contributed by atoms with Crippen molar-refractivity contribution in [3.8, 4) is 11.5 Å². The number of halogens is 1. The first kappa shape index (κ1) is 26.3. The van der Waals surface area contributed by atoms with Gasteiger partial charge in [0.2, 0.25) is 5.91 Å². The van der Waals surface area contributed by atoms with Gasteiger partial charge in [-0.15, -0.1) is 24.0 Å². The molecule has 0 bridgehead atoms. The molecule has 1 aromatic rings. The van der Waals surface area contributed by atoms with Gasteiger partial charge in [0.1, 0.15) is 11.5 Å². The first-order valence-electron chi connectivity index (χ1n) is 10.5. The summed E-state index contributed by atoms with van der Waals surface area (Å²) in [6, 6.07) is 7.58. The van der Waals surface area contributed by atoms with Crippen molar-refractivity contribution in [2.24, 2.45) is 10.4 Å². The van der Waals surface area contributed by atoms with E-state index in [9.17, 15) is 4.79 Å². The molecule has 0 aliphatic heterocycles. The van der Waals surface area contributed by atoms with Gasteiger partial charge in [-0.1, -0.05) is 12.8 Å². The van der Waals surface area contributed by atoms with E-state index in [0.717, 1.165) is 62.7 Å². The van der Waals surface area contributed by atoms with E-state index in [1.54, 1.807) is 12.0 Å². The lowest BCUT2D eigenvalue weighted by Crippen LogP contribution is -2.43. The van der Waals surface area contributed by atoms with E-state index in [4.69, 9.17) is 14.5 Å². The Morgan fingerprint density at radius 1 is 1.13 bits per heavy atom. The molecule has 0 saturated heterocycles. The number of hydrogen-bond donors (Lipinski definition) is 2. The van der Waals surface area contributed by atoms with Crippen molar-refractivity contribution in [2.75, 3.05) is 47.4 Å². The van der Waals surface area contributed by atoms with Crippen LogP contribution in [-0.4, -0.2) is 64.2 Å². The summed E-state index contributed by atoms with van der Waals surface area (Å²) < 4.78 is 10.9. The number of carbonyl (C=O) groups excluding carboxylic acids is 1. The summed E-state index contributed by atoms with van der Waals surface area (Å²) in [6.45, 7) is 4.71. The van der Waals surface area contributed by atoms with Crippen LogP contribution in [0.5, 0.6) is 11.5 Å². The van der Waals surface area contributed by atoms with Crippen LogP contribution in [-0.2, 0) is 4.79 Å². The molecule has 1 fully saturated rings. The fourth-order valence-electron chi connectivity index (χ4n) is 3.68. The van der Waals surface area contributed by atoms with Crippen molar-refractivity contribution < 1.29 is 14.3 Å². The first-order chi connectivity index (χ1) is 14.0. The van der Waals surface area contributed by atoms with Crippen LogP contribution in [0.1, 0.15) is 39.0 Å². The lowest BCUT2D eigenvalue weighted by atomic mass is 9.85. The van der Waals surface area contributed by atoms with Gasteiger partial charge in [0.25, 0.3) is 0 Å². The third kappa shape index (κ3) is 7.85. The van der Waals surface area contributed by atoms with E-state index in [2.05, 4.69) is 10.6 Å². The minimum atomic E-state index is -0.344. The number of methoxy groups -OCH3 is 1. The van der Waals surface area contributed by atoms with Crippen molar-refractivity contribution in [3.63, 3.8) is 0 Å². The molecule has 0 atom stereocenters. The monoisotopic (exact) mass is 532 g/mol. The molecule has 1 amide bonds. The fraction of sp³-hybridized carbons (Fsp3) is 0.636.